The summed E-state index contributed by atoms with van der Waals surface area (Å²) in [5, 5.41) is 3.03. The number of likely N-dealkylation sites (tertiary alicyclic amines) is 2. The molecule has 36 heavy (non-hydrogen) atoms. The molecule has 0 bridgehead atoms. The molecule has 2 N–H and O–H groups in total. The van der Waals surface area contributed by atoms with Crippen molar-refractivity contribution in [2.75, 3.05) is 45.9 Å². The summed E-state index contributed by atoms with van der Waals surface area (Å²) in [7, 11) is 0. The predicted octanol–water partition coefficient (Wildman–Crippen LogP) is 3.56. The molecule has 1 aromatic carbocycles. The van der Waals surface area contributed by atoms with Crippen molar-refractivity contribution in [1.29, 1.82) is 0 Å². The fourth-order valence-electron chi connectivity index (χ4n) is 5.01. The Balaban J connectivity index is 1.12. The summed E-state index contributed by atoms with van der Waals surface area (Å²) in [5.41, 5.74) is 2.28. The van der Waals surface area contributed by atoms with Gasteiger partial charge in [0.25, 0.3) is 12.3 Å². The van der Waals surface area contributed by atoms with Crippen LogP contribution in [0.25, 0.3) is 0 Å². The van der Waals surface area contributed by atoms with E-state index in [1.807, 2.05) is 30.0 Å². The zero-order valence-corrected chi connectivity index (χ0v) is 21.4. The summed E-state index contributed by atoms with van der Waals surface area (Å²) in [6.45, 7) is 9.21. The SMILES string of the molecule is Cc1cc(OCCCC2CCN(C3=NC(C)(C(F)F)NO3)CC2)ccc1C(=O)NCCN1CCCC1. The number of hydroxylamine groups is 1. The second kappa shape index (κ2) is 12.2. The summed E-state index contributed by atoms with van der Waals surface area (Å²) < 4.78 is 32.1. The molecule has 0 aliphatic carbocycles. The van der Waals surface area contributed by atoms with Crippen LogP contribution in [0.15, 0.2) is 23.2 Å². The Morgan fingerprint density at radius 1 is 1.28 bits per heavy atom. The van der Waals surface area contributed by atoms with E-state index in [-0.39, 0.29) is 11.9 Å². The van der Waals surface area contributed by atoms with Gasteiger partial charge in [0, 0.05) is 31.7 Å². The van der Waals surface area contributed by atoms with Crippen LogP contribution in [0, 0.1) is 12.8 Å². The minimum Gasteiger partial charge on any atom is -0.494 e. The lowest BCUT2D eigenvalue weighted by molar-refractivity contribution is -0.00761. The first-order chi connectivity index (χ1) is 17.3. The van der Waals surface area contributed by atoms with Crippen molar-refractivity contribution < 1.29 is 23.1 Å². The molecule has 3 heterocycles. The van der Waals surface area contributed by atoms with E-state index in [0.717, 1.165) is 69.7 Å². The maximum Gasteiger partial charge on any atom is 0.309 e. The molecule has 3 aliphatic heterocycles. The minimum atomic E-state index is -2.63. The third-order valence-electron chi connectivity index (χ3n) is 7.37. The summed E-state index contributed by atoms with van der Waals surface area (Å²) in [5.74, 6) is 1.31. The first kappa shape index (κ1) is 26.6. The Morgan fingerprint density at radius 3 is 2.69 bits per heavy atom. The maximum absolute atomic E-state index is 13.1. The largest absolute Gasteiger partial charge is 0.494 e. The quantitative estimate of drug-likeness (QED) is 0.472. The number of nitrogens with one attached hydrogen (secondary N) is 2. The van der Waals surface area contributed by atoms with E-state index in [2.05, 4.69) is 20.7 Å². The van der Waals surface area contributed by atoms with Crippen LogP contribution < -0.4 is 15.5 Å². The van der Waals surface area contributed by atoms with Crippen molar-refractivity contribution in [3.05, 3.63) is 29.3 Å². The molecule has 0 radical (unpaired) electrons. The maximum atomic E-state index is 13.1. The molecule has 4 rings (SSSR count). The van der Waals surface area contributed by atoms with Gasteiger partial charge in [-0.05, 0) is 95.1 Å². The highest BCUT2D eigenvalue weighted by atomic mass is 19.3. The molecule has 1 unspecified atom stereocenters. The molecule has 0 saturated carbocycles. The fourth-order valence-corrected chi connectivity index (χ4v) is 5.01. The Hall–Kier alpha value is -2.46. The molecule has 1 amide bonds. The Kier molecular flexibility index (Phi) is 9.00. The van der Waals surface area contributed by atoms with Gasteiger partial charge < -0.3 is 24.7 Å². The number of rotatable bonds is 10. The van der Waals surface area contributed by atoms with E-state index < -0.39 is 12.1 Å². The van der Waals surface area contributed by atoms with Crippen LogP contribution in [0.4, 0.5) is 8.78 Å². The molecular formula is C26H39F2N5O3. The summed E-state index contributed by atoms with van der Waals surface area (Å²) in [6, 6.07) is 5.90. The van der Waals surface area contributed by atoms with Crippen LogP contribution >= 0.6 is 0 Å². The van der Waals surface area contributed by atoms with E-state index in [1.54, 1.807) is 0 Å². The van der Waals surface area contributed by atoms with E-state index in [4.69, 9.17) is 9.57 Å². The van der Waals surface area contributed by atoms with Gasteiger partial charge in [0.15, 0.2) is 0 Å². The van der Waals surface area contributed by atoms with Crippen LogP contribution in [0.3, 0.4) is 0 Å². The third-order valence-corrected chi connectivity index (χ3v) is 7.37. The van der Waals surface area contributed by atoms with Crippen molar-refractivity contribution in [3.8, 4) is 5.75 Å². The van der Waals surface area contributed by atoms with E-state index in [0.29, 0.717) is 24.6 Å². The van der Waals surface area contributed by atoms with Crippen LogP contribution in [-0.2, 0) is 4.84 Å². The minimum absolute atomic E-state index is 0.0341. The second-order valence-electron chi connectivity index (χ2n) is 10.2. The number of hydrogen-bond acceptors (Lipinski definition) is 7. The number of hydrogen-bond donors (Lipinski definition) is 2. The van der Waals surface area contributed by atoms with Crippen molar-refractivity contribution in [2.24, 2.45) is 10.9 Å². The number of amidine groups is 1. The third kappa shape index (κ3) is 6.85. The highest BCUT2D eigenvalue weighted by Gasteiger charge is 2.42. The average Bonchev–Trinajstić information content (AvgIpc) is 3.53. The normalized spacial score (nSPS) is 23.1. The van der Waals surface area contributed by atoms with Gasteiger partial charge in [0.1, 0.15) is 5.75 Å². The lowest BCUT2D eigenvalue weighted by Gasteiger charge is -2.31. The van der Waals surface area contributed by atoms with E-state index >= 15 is 0 Å². The van der Waals surface area contributed by atoms with Crippen LogP contribution in [0.2, 0.25) is 0 Å². The zero-order chi connectivity index (χ0) is 25.5. The number of benzene rings is 1. The molecule has 10 heteroatoms. The lowest BCUT2D eigenvalue weighted by atomic mass is 9.92. The number of carbonyl (C=O) groups is 1. The summed E-state index contributed by atoms with van der Waals surface area (Å²) >= 11 is 0. The van der Waals surface area contributed by atoms with E-state index in [1.165, 1.54) is 19.8 Å². The smallest absolute Gasteiger partial charge is 0.309 e. The van der Waals surface area contributed by atoms with Crippen LogP contribution in [-0.4, -0.2) is 79.7 Å². The summed E-state index contributed by atoms with van der Waals surface area (Å²) in [6.07, 6.45) is 3.79. The Bertz CT molecular complexity index is 917. The number of ether oxygens (including phenoxy) is 1. The number of amides is 1. The van der Waals surface area contributed by atoms with Crippen LogP contribution in [0.5, 0.6) is 5.75 Å². The molecule has 8 nitrogen and oxygen atoms in total. The number of aryl methyl sites for hydroxylation is 1. The van der Waals surface area contributed by atoms with Gasteiger partial charge in [0.2, 0.25) is 5.66 Å². The van der Waals surface area contributed by atoms with Crippen molar-refractivity contribution in [2.45, 2.75) is 64.5 Å². The lowest BCUT2D eigenvalue weighted by Crippen LogP contribution is -2.42. The standard InChI is InChI=1S/C26H39F2N5O3/c1-19-18-21(7-8-22(19)23(34)29-11-16-32-12-3-4-13-32)35-17-5-6-20-9-14-33(15-10-20)25-30-26(2,24(27)28)31-36-25/h7-8,18,20,24,31H,3-6,9-17H2,1-2H3,(H,29,34). The first-order valence-corrected chi connectivity index (χ1v) is 13.1. The molecule has 200 valence electrons. The Labute approximate surface area is 212 Å². The highest BCUT2D eigenvalue weighted by molar-refractivity contribution is 5.95. The van der Waals surface area contributed by atoms with Crippen LogP contribution in [0.1, 0.15) is 61.4 Å². The monoisotopic (exact) mass is 507 g/mol. The molecule has 3 aliphatic rings. The fraction of sp³-hybridized carbons (Fsp3) is 0.692. The molecule has 0 spiro atoms. The van der Waals surface area contributed by atoms with Gasteiger partial charge in [0.05, 0.1) is 6.61 Å². The summed E-state index contributed by atoms with van der Waals surface area (Å²) in [4.78, 5) is 26.1. The van der Waals surface area contributed by atoms with Crippen molar-refractivity contribution in [3.63, 3.8) is 0 Å². The van der Waals surface area contributed by atoms with Gasteiger partial charge in [-0.15, -0.1) is 5.48 Å². The van der Waals surface area contributed by atoms with Gasteiger partial charge in [-0.3, -0.25) is 4.79 Å². The number of aliphatic imine (C=N–C) groups is 1. The number of halogens is 2. The van der Waals surface area contributed by atoms with Crippen molar-refractivity contribution in [1.82, 2.24) is 20.6 Å². The molecule has 2 fully saturated rings. The van der Waals surface area contributed by atoms with Gasteiger partial charge in [-0.1, -0.05) is 0 Å². The number of alkyl halides is 2. The molecule has 1 aromatic rings. The van der Waals surface area contributed by atoms with E-state index in [9.17, 15) is 13.6 Å². The molecule has 0 aromatic heterocycles. The van der Waals surface area contributed by atoms with Crippen molar-refractivity contribution >= 4 is 11.9 Å². The molecule has 2 saturated heterocycles. The number of piperidine rings is 1. The first-order valence-electron chi connectivity index (χ1n) is 13.1. The second-order valence-corrected chi connectivity index (χ2v) is 10.2. The number of carbonyl (C=O) groups excluding carboxylic acids is 1. The highest BCUT2D eigenvalue weighted by Crippen LogP contribution is 2.27. The van der Waals surface area contributed by atoms with Gasteiger partial charge in [-0.2, -0.15) is 0 Å². The van der Waals surface area contributed by atoms with Gasteiger partial charge in [-0.25, -0.2) is 13.8 Å². The topological polar surface area (TPSA) is 78.4 Å². The number of nitrogens with zero attached hydrogens (tertiary/aromatic N) is 3. The molecule has 1 atom stereocenters. The van der Waals surface area contributed by atoms with Gasteiger partial charge >= 0.3 is 6.02 Å². The average molecular weight is 508 g/mol. The zero-order valence-electron chi connectivity index (χ0n) is 21.4. The predicted molar refractivity (Wildman–Crippen MR) is 134 cm³/mol. The molecular weight excluding hydrogens is 468 g/mol. The Morgan fingerprint density at radius 2 is 2.03 bits per heavy atom.